The minimum absolute atomic E-state index is 0.0754. The number of carbonyl (C=O) groups excluding carboxylic acids is 1. The van der Waals surface area contributed by atoms with Crippen LogP contribution in [0.25, 0.3) is 6.08 Å². The number of aliphatic hydroxyl groups is 5. The van der Waals surface area contributed by atoms with Gasteiger partial charge in [-0.2, -0.15) is 0 Å². The van der Waals surface area contributed by atoms with Crippen LogP contribution in [0.15, 0.2) is 42.5 Å². The second kappa shape index (κ2) is 14.5. The summed E-state index contributed by atoms with van der Waals surface area (Å²) < 4.78 is 27.7. The van der Waals surface area contributed by atoms with E-state index in [9.17, 15) is 50.8 Å². The number of hydrogen-bond acceptors (Lipinski definition) is 15. The molecule has 44 heavy (non-hydrogen) atoms. The topological polar surface area (TPSA) is 245 Å². The molecule has 0 saturated carbocycles. The Labute approximate surface area is 251 Å². The van der Waals surface area contributed by atoms with Gasteiger partial charge >= 0.3 is 5.97 Å². The van der Waals surface area contributed by atoms with Crippen LogP contribution in [0.5, 0.6) is 23.0 Å². The van der Waals surface area contributed by atoms with Gasteiger partial charge in [0.25, 0.3) is 0 Å². The molecule has 2 saturated heterocycles. The molecule has 10 atom stereocenters. The van der Waals surface area contributed by atoms with E-state index in [1.807, 2.05) is 0 Å². The molecule has 2 aromatic rings. The first kappa shape index (κ1) is 33.4. The molecule has 0 aliphatic carbocycles. The number of aromatic hydroxyl groups is 4. The summed E-state index contributed by atoms with van der Waals surface area (Å²) in [4.78, 5) is 12.4. The van der Waals surface area contributed by atoms with Crippen molar-refractivity contribution < 1.29 is 74.4 Å². The average molecular weight is 625 g/mol. The highest BCUT2D eigenvalue weighted by molar-refractivity contribution is 5.87. The van der Waals surface area contributed by atoms with E-state index in [1.54, 1.807) is 6.07 Å². The summed E-state index contributed by atoms with van der Waals surface area (Å²) in [5.41, 5.74) is 0.962. The number of rotatable bonds is 10. The number of hydrogen-bond donors (Lipinski definition) is 9. The highest BCUT2D eigenvalue weighted by Crippen LogP contribution is 2.31. The van der Waals surface area contributed by atoms with Gasteiger partial charge in [0.1, 0.15) is 49.3 Å². The van der Waals surface area contributed by atoms with Crippen LogP contribution in [0.3, 0.4) is 0 Å². The fourth-order valence-corrected chi connectivity index (χ4v) is 4.66. The van der Waals surface area contributed by atoms with E-state index in [1.165, 1.54) is 43.3 Å². The molecule has 2 aliphatic rings. The fourth-order valence-electron chi connectivity index (χ4n) is 4.66. The van der Waals surface area contributed by atoms with Crippen LogP contribution < -0.4 is 0 Å². The van der Waals surface area contributed by atoms with E-state index in [0.717, 1.165) is 6.08 Å². The molecule has 15 nitrogen and oxygen atoms in total. The van der Waals surface area contributed by atoms with Crippen molar-refractivity contribution in [2.24, 2.45) is 0 Å². The number of benzene rings is 2. The number of phenolic OH excluding ortho intramolecular Hbond substituents is 4. The smallest absolute Gasteiger partial charge is 0.330 e. The Morgan fingerprint density at radius 2 is 1.48 bits per heavy atom. The third kappa shape index (κ3) is 7.95. The van der Waals surface area contributed by atoms with Gasteiger partial charge in [0.15, 0.2) is 35.6 Å². The Balaban J connectivity index is 1.44. The zero-order valence-corrected chi connectivity index (χ0v) is 23.5. The van der Waals surface area contributed by atoms with E-state index < -0.39 is 74.0 Å². The molecule has 9 N–H and O–H groups in total. The molecule has 2 aromatic carbocycles. The molecular weight excluding hydrogens is 588 g/mol. The molecule has 0 aromatic heterocycles. The van der Waals surface area contributed by atoms with E-state index in [4.69, 9.17) is 23.7 Å². The van der Waals surface area contributed by atoms with Crippen molar-refractivity contribution in [2.45, 2.75) is 74.8 Å². The zero-order chi connectivity index (χ0) is 32.1. The Bertz CT molecular complexity index is 1300. The molecule has 2 aliphatic heterocycles. The number of esters is 1. The van der Waals surface area contributed by atoms with Gasteiger partial charge in [-0.15, -0.1) is 0 Å². The lowest BCUT2D eigenvalue weighted by Crippen LogP contribution is -2.64. The van der Waals surface area contributed by atoms with Gasteiger partial charge in [0.2, 0.25) is 0 Å². The van der Waals surface area contributed by atoms with Crippen molar-refractivity contribution in [3.63, 3.8) is 0 Å². The Morgan fingerprint density at radius 3 is 2.16 bits per heavy atom. The van der Waals surface area contributed by atoms with Gasteiger partial charge in [-0.25, -0.2) is 4.79 Å². The van der Waals surface area contributed by atoms with Gasteiger partial charge in [-0.05, 0) is 54.8 Å². The van der Waals surface area contributed by atoms with E-state index >= 15 is 0 Å². The highest BCUT2D eigenvalue weighted by atomic mass is 16.7. The maximum absolute atomic E-state index is 12.4. The summed E-state index contributed by atoms with van der Waals surface area (Å²) >= 11 is 0. The molecule has 242 valence electrons. The van der Waals surface area contributed by atoms with Gasteiger partial charge < -0.3 is 69.6 Å². The largest absolute Gasteiger partial charge is 0.504 e. The van der Waals surface area contributed by atoms with Gasteiger partial charge in [-0.3, -0.25) is 0 Å². The second-order valence-electron chi connectivity index (χ2n) is 10.5. The normalized spacial score (nSPS) is 32.5. The van der Waals surface area contributed by atoms with Crippen molar-refractivity contribution in [1.29, 1.82) is 0 Å². The molecule has 0 bridgehead atoms. The lowest BCUT2D eigenvalue weighted by atomic mass is 9.97. The Hall–Kier alpha value is -3.51. The third-order valence-corrected chi connectivity index (χ3v) is 7.26. The molecule has 4 rings (SSSR count). The first-order valence-electron chi connectivity index (χ1n) is 13.7. The van der Waals surface area contributed by atoms with Crippen molar-refractivity contribution >= 4 is 12.0 Å². The molecule has 0 spiro atoms. The standard InChI is InChI=1S/C29H36O15/c1-13-22(35)24(37)25(38)29(42-13)44-27-23(36)20(12-41-21(34)7-4-14-2-5-16(30)18(32)10-14)43-28(26(27)39)40-9-8-15-3-6-17(31)19(33)11-15/h2-7,10-11,13,20,22-33,35-39H,8-9,12H2,1H3/t13-,20+,22+,23+,24-,25-,26+,27+,28+,29+/m0/s1. The minimum atomic E-state index is -1.74. The highest BCUT2D eigenvalue weighted by Gasteiger charge is 2.50. The van der Waals surface area contributed by atoms with Crippen LogP contribution in [-0.4, -0.2) is 127 Å². The lowest BCUT2D eigenvalue weighted by Gasteiger charge is -2.45. The summed E-state index contributed by atoms with van der Waals surface area (Å²) in [5.74, 6) is -2.23. The van der Waals surface area contributed by atoms with Crippen LogP contribution in [0.2, 0.25) is 0 Å². The molecule has 0 unspecified atom stereocenters. The van der Waals surface area contributed by atoms with Crippen LogP contribution in [-0.2, 0) is 34.9 Å². The molecular formula is C29H36O15. The maximum Gasteiger partial charge on any atom is 0.330 e. The van der Waals surface area contributed by atoms with Crippen LogP contribution >= 0.6 is 0 Å². The Kier molecular flexibility index (Phi) is 11.0. The lowest BCUT2D eigenvalue weighted by molar-refractivity contribution is -0.357. The summed E-state index contributed by atoms with van der Waals surface area (Å²) in [5, 5.41) is 90.8. The van der Waals surface area contributed by atoms with Gasteiger partial charge in [0.05, 0.1) is 12.7 Å². The third-order valence-electron chi connectivity index (χ3n) is 7.26. The van der Waals surface area contributed by atoms with Crippen LogP contribution in [0, 0.1) is 0 Å². The first-order chi connectivity index (χ1) is 20.8. The van der Waals surface area contributed by atoms with Crippen LogP contribution in [0.4, 0.5) is 0 Å². The van der Waals surface area contributed by atoms with Crippen molar-refractivity contribution in [2.75, 3.05) is 13.2 Å². The molecule has 0 radical (unpaired) electrons. The maximum atomic E-state index is 12.4. The molecule has 15 heteroatoms. The molecule has 2 fully saturated rings. The number of phenols is 4. The summed E-state index contributed by atoms with van der Waals surface area (Å²) in [6.45, 7) is 0.804. The molecule has 2 heterocycles. The first-order valence-corrected chi connectivity index (χ1v) is 13.7. The monoisotopic (exact) mass is 624 g/mol. The molecule has 0 amide bonds. The summed E-state index contributed by atoms with van der Waals surface area (Å²) in [7, 11) is 0. The average Bonchev–Trinajstić information content (AvgIpc) is 2.99. The van der Waals surface area contributed by atoms with Crippen molar-refractivity contribution in [1.82, 2.24) is 0 Å². The Morgan fingerprint density at radius 1 is 0.795 bits per heavy atom. The second-order valence-corrected chi connectivity index (χ2v) is 10.5. The summed E-state index contributed by atoms with van der Waals surface area (Å²) in [6.07, 6.45) is -12.5. The van der Waals surface area contributed by atoms with Crippen molar-refractivity contribution in [3.05, 3.63) is 53.6 Å². The SMILES string of the molecule is C[C@@H]1O[C@H](O[C@H]2[C@@H](O)[C@H](OCCc3ccc(O)c(O)c3)O[C@H](COC(=O)C=Cc3ccc(O)c(O)c3)[C@H]2O)[C@@H](O)[C@@H](O)[C@@H]1O. The van der Waals surface area contributed by atoms with E-state index in [0.29, 0.717) is 11.1 Å². The van der Waals surface area contributed by atoms with Crippen LogP contribution in [0.1, 0.15) is 18.1 Å². The predicted octanol–water partition coefficient (Wildman–Crippen LogP) is -1.02. The fraction of sp³-hybridized carbons (Fsp3) is 0.483. The van der Waals surface area contributed by atoms with E-state index in [2.05, 4.69) is 0 Å². The van der Waals surface area contributed by atoms with Gasteiger partial charge in [0, 0.05) is 6.08 Å². The quantitative estimate of drug-likeness (QED) is 0.0873. The minimum Gasteiger partial charge on any atom is -0.504 e. The zero-order valence-electron chi connectivity index (χ0n) is 23.5. The van der Waals surface area contributed by atoms with E-state index in [-0.39, 0.29) is 36.0 Å². The van der Waals surface area contributed by atoms with Crippen molar-refractivity contribution in [3.8, 4) is 23.0 Å². The number of ether oxygens (including phenoxy) is 5. The number of aliphatic hydroxyl groups excluding tert-OH is 5. The summed E-state index contributed by atoms with van der Waals surface area (Å²) in [6, 6.07) is 8.05. The predicted molar refractivity (Wildman–Crippen MR) is 147 cm³/mol. The van der Waals surface area contributed by atoms with Gasteiger partial charge in [-0.1, -0.05) is 12.1 Å². The number of carbonyl (C=O) groups is 1.